The van der Waals surface area contributed by atoms with E-state index < -0.39 is 0 Å². The summed E-state index contributed by atoms with van der Waals surface area (Å²) in [6.07, 6.45) is 4.56. The van der Waals surface area contributed by atoms with Crippen molar-refractivity contribution in [3.8, 4) is 5.75 Å². The van der Waals surface area contributed by atoms with Gasteiger partial charge in [0.05, 0.1) is 6.61 Å². The average Bonchev–Trinajstić information content (AvgIpc) is 2.29. The van der Waals surface area contributed by atoms with Gasteiger partial charge in [0, 0.05) is 18.8 Å². The zero-order chi connectivity index (χ0) is 12.1. The molecule has 0 aliphatic rings. The molecule has 2 rings (SSSR count). The summed E-state index contributed by atoms with van der Waals surface area (Å²) in [5.41, 5.74) is 3.68. The maximum absolute atomic E-state index is 5.74. The summed E-state index contributed by atoms with van der Waals surface area (Å²) in [6, 6.07) is 10.3. The number of nitrogens with zero attached hydrogens (tertiary/aromatic N) is 1. The number of aromatic nitrogens is 1. The van der Waals surface area contributed by atoms with Gasteiger partial charge in [0.25, 0.3) is 0 Å². The molecule has 0 aliphatic carbocycles. The third-order valence-electron chi connectivity index (χ3n) is 2.58. The summed E-state index contributed by atoms with van der Waals surface area (Å²) in [5, 5.41) is 0. The van der Waals surface area contributed by atoms with E-state index in [0.717, 1.165) is 12.2 Å². The molecule has 0 N–H and O–H groups in total. The van der Waals surface area contributed by atoms with Crippen LogP contribution in [-0.2, 0) is 6.42 Å². The van der Waals surface area contributed by atoms with Gasteiger partial charge in [0.15, 0.2) is 0 Å². The fraction of sp³-hybridized carbons (Fsp3) is 0.267. The molecule has 0 fully saturated rings. The topological polar surface area (TPSA) is 22.1 Å². The van der Waals surface area contributed by atoms with E-state index in [4.69, 9.17) is 4.74 Å². The monoisotopic (exact) mass is 227 g/mol. The number of aryl methyl sites for hydroxylation is 2. The molecule has 1 aromatic carbocycles. The number of benzene rings is 1. The summed E-state index contributed by atoms with van der Waals surface area (Å²) in [5.74, 6) is 0.950. The van der Waals surface area contributed by atoms with E-state index in [9.17, 15) is 0 Å². The first-order chi connectivity index (χ1) is 8.24. The van der Waals surface area contributed by atoms with Crippen molar-refractivity contribution in [1.29, 1.82) is 0 Å². The van der Waals surface area contributed by atoms with Crippen molar-refractivity contribution in [3.05, 3.63) is 59.4 Å². The Balaban J connectivity index is 1.90. The fourth-order valence-electron chi connectivity index (χ4n) is 1.85. The second-order valence-electron chi connectivity index (χ2n) is 4.28. The number of rotatable bonds is 4. The van der Waals surface area contributed by atoms with Gasteiger partial charge < -0.3 is 4.74 Å². The number of ether oxygens (including phenoxy) is 1. The first kappa shape index (κ1) is 11.6. The molecule has 0 saturated carbocycles. The van der Waals surface area contributed by atoms with Crippen LogP contribution in [0.2, 0.25) is 0 Å². The third kappa shape index (κ3) is 3.59. The maximum atomic E-state index is 5.74. The van der Waals surface area contributed by atoms with Gasteiger partial charge in [-0.2, -0.15) is 0 Å². The number of hydrogen-bond donors (Lipinski definition) is 0. The van der Waals surface area contributed by atoms with Gasteiger partial charge in [0.1, 0.15) is 5.75 Å². The molecular formula is C15H17NO. The fourth-order valence-corrected chi connectivity index (χ4v) is 1.85. The third-order valence-corrected chi connectivity index (χ3v) is 2.58. The van der Waals surface area contributed by atoms with Crippen LogP contribution in [0.15, 0.2) is 42.7 Å². The van der Waals surface area contributed by atoms with Crippen LogP contribution in [0.3, 0.4) is 0 Å². The van der Waals surface area contributed by atoms with Gasteiger partial charge in [-0.15, -0.1) is 0 Å². The van der Waals surface area contributed by atoms with Crippen LogP contribution in [0.1, 0.15) is 16.7 Å². The SMILES string of the molecule is Cc1cc(C)cc(OCCc2cccnc2)c1. The van der Waals surface area contributed by atoms with Crippen LogP contribution in [-0.4, -0.2) is 11.6 Å². The summed E-state index contributed by atoms with van der Waals surface area (Å²) < 4.78 is 5.74. The van der Waals surface area contributed by atoms with E-state index in [1.165, 1.54) is 16.7 Å². The lowest BCUT2D eigenvalue weighted by Crippen LogP contribution is -2.01. The normalized spacial score (nSPS) is 10.2. The van der Waals surface area contributed by atoms with Crippen molar-refractivity contribution < 1.29 is 4.74 Å². The van der Waals surface area contributed by atoms with E-state index in [2.05, 4.69) is 43.1 Å². The Morgan fingerprint density at radius 2 is 1.88 bits per heavy atom. The van der Waals surface area contributed by atoms with Crippen LogP contribution in [0.25, 0.3) is 0 Å². The summed E-state index contributed by atoms with van der Waals surface area (Å²) in [4.78, 5) is 4.08. The molecule has 2 nitrogen and oxygen atoms in total. The minimum absolute atomic E-state index is 0.689. The Morgan fingerprint density at radius 1 is 1.12 bits per heavy atom. The molecule has 2 heteroatoms. The second kappa shape index (κ2) is 5.48. The predicted octanol–water partition coefficient (Wildman–Crippen LogP) is 3.32. The zero-order valence-electron chi connectivity index (χ0n) is 10.3. The second-order valence-corrected chi connectivity index (χ2v) is 4.28. The van der Waals surface area contributed by atoms with Crippen molar-refractivity contribution in [2.45, 2.75) is 20.3 Å². The molecule has 0 amide bonds. The van der Waals surface area contributed by atoms with Crippen molar-refractivity contribution in [2.75, 3.05) is 6.61 Å². The van der Waals surface area contributed by atoms with E-state index in [0.29, 0.717) is 6.61 Å². The van der Waals surface area contributed by atoms with Crippen LogP contribution >= 0.6 is 0 Å². The summed E-state index contributed by atoms with van der Waals surface area (Å²) in [6.45, 7) is 4.86. The summed E-state index contributed by atoms with van der Waals surface area (Å²) >= 11 is 0. The molecule has 0 spiro atoms. The van der Waals surface area contributed by atoms with Gasteiger partial charge >= 0.3 is 0 Å². The molecule has 0 saturated heterocycles. The molecule has 0 unspecified atom stereocenters. The van der Waals surface area contributed by atoms with Gasteiger partial charge in [-0.1, -0.05) is 12.1 Å². The molecule has 0 aliphatic heterocycles. The Labute approximate surface area is 102 Å². The van der Waals surface area contributed by atoms with Crippen LogP contribution < -0.4 is 4.74 Å². The lowest BCUT2D eigenvalue weighted by Gasteiger charge is -2.08. The Bertz CT molecular complexity index is 459. The Hall–Kier alpha value is -1.83. The van der Waals surface area contributed by atoms with E-state index in [1.54, 1.807) is 6.20 Å². The van der Waals surface area contributed by atoms with E-state index in [1.807, 2.05) is 12.3 Å². The molecule has 1 heterocycles. The highest BCUT2D eigenvalue weighted by Gasteiger charge is 1.97. The lowest BCUT2D eigenvalue weighted by atomic mass is 10.1. The van der Waals surface area contributed by atoms with Crippen molar-refractivity contribution in [1.82, 2.24) is 4.98 Å². The molecular weight excluding hydrogens is 210 g/mol. The smallest absolute Gasteiger partial charge is 0.119 e. The minimum atomic E-state index is 0.689. The molecule has 0 atom stereocenters. The molecule has 0 radical (unpaired) electrons. The standard InChI is InChI=1S/C15H17NO/c1-12-8-13(2)10-15(9-12)17-7-5-14-4-3-6-16-11-14/h3-4,6,8-11H,5,7H2,1-2H3. The van der Waals surface area contributed by atoms with Gasteiger partial charge in [0.2, 0.25) is 0 Å². The van der Waals surface area contributed by atoms with Crippen molar-refractivity contribution in [2.24, 2.45) is 0 Å². The molecule has 17 heavy (non-hydrogen) atoms. The molecule has 1 aromatic heterocycles. The molecule has 0 bridgehead atoms. The van der Waals surface area contributed by atoms with Crippen molar-refractivity contribution in [3.63, 3.8) is 0 Å². The van der Waals surface area contributed by atoms with Crippen molar-refractivity contribution >= 4 is 0 Å². The quantitative estimate of drug-likeness (QED) is 0.799. The van der Waals surface area contributed by atoms with Gasteiger partial charge in [-0.3, -0.25) is 4.98 Å². The predicted molar refractivity (Wildman–Crippen MR) is 69.4 cm³/mol. The highest BCUT2D eigenvalue weighted by atomic mass is 16.5. The average molecular weight is 227 g/mol. The molecule has 88 valence electrons. The van der Waals surface area contributed by atoms with Gasteiger partial charge in [-0.25, -0.2) is 0 Å². The Morgan fingerprint density at radius 3 is 2.53 bits per heavy atom. The zero-order valence-corrected chi connectivity index (χ0v) is 10.3. The minimum Gasteiger partial charge on any atom is -0.493 e. The highest BCUT2D eigenvalue weighted by Crippen LogP contribution is 2.16. The maximum Gasteiger partial charge on any atom is 0.119 e. The van der Waals surface area contributed by atoms with E-state index in [-0.39, 0.29) is 0 Å². The highest BCUT2D eigenvalue weighted by molar-refractivity contribution is 5.33. The van der Waals surface area contributed by atoms with Crippen LogP contribution in [0, 0.1) is 13.8 Å². The van der Waals surface area contributed by atoms with E-state index >= 15 is 0 Å². The van der Waals surface area contributed by atoms with Gasteiger partial charge in [-0.05, 0) is 48.7 Å². The number of hydrogen-bond acceptors (Lipinski definition) is 2. The first-order valence-corrected chi connectivity index (χ1v) is 5.84. The summed E-state index contributed by atoms with van der Waals surface area (Å²) in [7, 11) is 0. The lowest BCUT2D eigenvalue weighted by molar-refractivity contribution is 0.321. The Kier molecular flexibility index (Phi) is 3.76. The van der Waals surface area contributed by atoms with Crippen LogP contribution in [0.5, 0.6) is 5.75 Å². The first-order valence-electron chi connectivity index (χ1n) is 5.84. The van der Waals surface area contributed by atoms with Crippen LogP contribution in [0.4, 0.5) is 0 Å². The number of pyridine rings is 1. The molecule has 2 aromatic rings. The largest absolute Gasteiger partial charge is 0.493 e.